The van der Waals surface area contributed by atoms with Gasteiger partial charge in [0.2, 0.25) is 5.91 Å². The monoisotopic (exact) mass is 408 g/mol. The fourth-order valence-electron chi connectivity index (χ4n) is 4.02. The number of piperidine rings is 1. The zero-order chi connectivity index (χ0) is 20.1. The predicted octanol–water partition coefficient (Wildman–Crippen LogP) is 4.08. The van der Waals surface area contributed by atoms with E-state index in [1.165, 1.54) is 16.9 Å². The van der Waals surface area contributed by atoms with Crippen molar-refractivity contribution in [1.29, 1.82) is 0 Å². The molecule has 0 bridgehead atoms. The number of nitrogens with one attached hydrogen (secondary N) is 1. The predicted molar refractivity (Wildman–Crippen MR) is 120 cm³/mol. The number of carbonyl (C=O) groups is 1. The van der Waals surface area contributed by atoms with Crippen LogP contribution < -0.4 is 5.32 Å². The van der Waals surface area contributed by atoms with Gasteiger partial charge in [-0.15, -0.1) is 0 Å². The van der Waals surface area contributed by atoms with Gasteiger partial charge in [-0.3, -0.25) is 9.69 Å². The van der Waals surface area contributed by atoms with E-state index < -0.39 is 0 Å². The number of aromatic nitrogens is 1. The van der Waals surface area contributed by atoms with Gasteiger partial charge in [-0.2, -0.15) is 0 Å². The summed E-state index contributed by atoms with van der Waals surface area (Å²) in [5.41, 5.74) is 2.30. The Balaban J connectivity index is 1.19. The molecule has 5 nitrogen and oxygen atoms in total. The standard InChI is InChI=1S/C23H28N4OS/c1-26(15-18-7-3-2-4-8-18)16-19-11-13-27(14-12-19)17-22(28)25-23-24-20-9-5-6-10-21(20)29-23/h2-10,19H,11-17H2,1H3,(H,24,25,28). The number of likely N-dealkylation sites (tertiary alicyclic amines) is 1. The lowest BCUT2D eigenvalue weighted by Gasteiger charge is -2.33. The summed E-state index contributed by atoms with van der Waals surface area (Å²) in [4.78, 5) is 21.6. The average molecular weight is 409 g/mol. The number of rotatable bonds is 7. The molecule has 0 radical (unpaired) electrons. The molecule has 1 amide bonds. The molecule has 0 spiro atoms. The molecule has 1 saturated heterocycles. The topological polar surface area (TPSA) is 48.5 Å². The second-order valence-electron chi connectivity index (χ2n) is 7.94. The van der Waals surface area contributed by atoms with Crippen molar-refractivity contribution in [3.05, 3.63) is 60.2 Å². The van der Waals surface area contributed by atoms with Crippen LogP contribution in [0, 0.1) is 5.92 Å². The lowest BCUT2D eigenvalue weighted by atomic mass is 9.96. The zero-order valence-corrected chi connectivity index (χ0v) is 17.7. The van der Waals surface area contributed by atoms with Crippen molar-refractivity contribution in [2.45, 2.75) is 19.4 Å². The number of nitrogens with zero attached hydrogens (tertiary/aromatic N) is 3. The first-order chi connectivity index (χ1) is 14.2. The molecule has 1 fully saturated rings. The largest absolute Gasteiger partial charge is 0.302 e. The minimum absolute atomic E-state index is 0.0312. The molecule has 0 atom stereocenters. The molecule has 6 heteroatoms. The number of hydrogen-bond acceptors (Lipinski definition) is 5. The lowest BCUT2D eigenvalue weighted by Crippen LogP contribution is -2.41. The van der Waals surface area contributed by atoms with E-state index in [0.29, 0.717) is 17.6 Å². The van der Waals surface area contributed by atoms with Gasteiger partial charge in [-0.1, -0.05) is 53.8 Å². The van der Waals surface area contributed by atoms with Gasteiger partial charge in [0.1, 0.15) is 0 Å². The van der Waals surface area contributed by atoms with Gasteiger partial charge < -0.3 is 10.2 Å². The summed E-state index contributed by atoms with van der Waals surface area (Å²) in [7, 11) is 2.20. The third kappa shape index (κ3) is 5.63. The van der Waals surface area contributed by atoms with Crippen molar-refractivity contribution in [1.82, 2.24) is 14.8 Å². The Morgan fingerprint density at radius 3 is 2.62 bits per heavy atom. The summed E-state index contributed by atoms with van der Waals surface area (Å²) in [6, 6.07) is 18.6. The fraction of sp³-hybridized carbons (Fsp3) is 0.391. The van der Waals surface area contributed by atoms with E-state index in [-0.39, 0.29) is 5.91 Å². The van der Waals surface area contributed by atoms with Crippen molar-refractivity contribution in [2.75, 3.05) is 38.5 Å². The van der Waals surface area contributed by atoms with Crippen LogP contribution in [0.15, 0.2) is 54.6 Å². The Morgan fingerprint density at radius 2 is 1.86 bits per heavy atom. The molecule has 1 N–H and O–H groups in total. The Morgan fingerprint density at radius 1 is 1.14 bits per heavy atom. The molecule has 1 aliphatic heterocycles. The van der Waals surface area contributed by atoms with Crippen molar-refractivity contribution >= 4 is 32.6 Å². The summed E-state index contributed by atoms with van der Waals surface area (Å²) in [5, 5.41) is 3.66. The third-order valence-corrected chi connectivity index (χ3v) is 6.43. The molecular weight excluding hydrogens is 380 g/mol. The van der Waals surface area contributed by atoms with Crippen LogP contribution >= 0.6 is 11.3 Å². The highest BCUT2D eigenvalue weighted by atomic mass is 32.1. The fourth-order valence-corrected chi connectivity index (χ4v) is 4.90. The Hall–Kier alpha value is -2.28. The molecule has 152 valence electrons. The number of thiazole rings is 1. The first kappa shape index (κ1) is 20.0. The Kier molecular flexibility index (Phi) is 6.54. The SMILES string of the molecule is CN(Cc1ccccc1)CC1CCN(CC(=O)Nc2nc3ccccc3s2)CC1. The van der Waals surface area contributed by atoms with E-state index in [1.807, 2.05) is 24.3 Å². The summed E-state index contributed by atoms with van der Waals surface area (Å²) in [6.45, 7) is 4.52. The molecule has 2 aromatic carbocycles. The van der Waals surface area contributed by atoms with E-state index in [4.69, 9.17) is 0 Å². The Bertz CT molecular complexity index is 901. The van der Waals surface area contributed by atoms with Crippen molar-refractivity contribution in [3.8, 4) is 0 Å². The maximum Gasteiger partial charge on any atom is 0.240 e. The molecule has 0 saturated carbocycles. The second-order valence-corrected chi connectivity index (χ2v) is 8.97. The summed E-state index contributed by atoms with van der Waals surface area (Å²) < 4.78 is 1.10. The van der Waals surface area contributed by atoms with Gasteiger partial charge in [0.25, 0.3) is 0 Å². The quantitative estimate of drug-likeness (QED) is 0.640. The number of carbonyl (C=O) groups excluding carboxylic acids is 1. The van der Waals surface area contributed by atoms with Gasteiger partial charge >= 0.3 is 0 Å². The number of amides is 1. The van der Waals surface area contributed by atoms with Crippen molar-refractivity contribution < 1.29 is 4.79 Å². The van der Waals surface area contributed by atoms with Gasteiger partial charge in [-0.05, 0) is 56.6 Å². The first-order valence-corrected chi connectivity index (χ1v) is 11.1. The van der Waals surface area contributed by atoms with Crippen LogP contribution in [-0.2, 0) is 11.3 Å². The highest BCUT2D eigenvalue weighted by molar-refractivity contribution is 7.22. The third-order valence-electron chi connectivity index (χ3n) is 5.48. The van der Waals surface area contributed by atoms with Gasteiger partial charge in [0.15, 0.2) is 5.13 Å². The molecular formula is C23H28N4OS. The molecule has 0 unspecified atom stereocenters. The van der Waals surface area contributed by atoms with Crippen LogP contribution in [0.25, 0.3) is 10.2 Å². The van der Waals surface area contributed by atoms with Crippen LogP contribution in [0.1, 0.15) is 18.4 Å². The summed E-state index contributed by atoms with van der Waals surface area (Å²) >= 11 is 1.53. The van der Waals surface area contributed by atoms with E-state index in [1.54, 1.807) is 0 Å². The number of hydrogen-bond donors (Lipinski definition) is 1. The maximum atomic E-state index is 12.4. The summed E-state index contributed by atoms with van der Waals surface area (Å²) in [6.07, 6.45) is 2.29. The van der Waals surface area contributed by atoms with Crippen LogP contribution in [0.5, 0.6) is 0 Å². The lowest BCUT2D eigenvalue weighted by molar-refractivity contribution is -0.117. The minimum atomic E-state index is 0.0312. The molecule has 0 aliphatic carbocycles. The Labute approximate surface area is 176 Å². The molecule has 4 rings (SSSR count). The maximum absolute atomic E-state index is 12.4. The molecule has 1 aliphatic rings. The zero-order valence-electron chi connectivity index (χ0n) is 16.9. The highest BCUT2D eigenvalue weighted by Gasteiger charge is 2.22. The van der Waals surface area contributed by atoms with Crippen molar-refractivity contribution in [3.63, 3.8) is 0 Å². The highest BCUT2D eigenvalue weighted by Crippen LogP contribution is 2.25. The van der Waals surface area contributed by atoms with Gasteiger partial charge in [-0.25, -0.2) is 4.98 Å². The van der Waals surface area contributed by atoms with Crippen LogP contribution in [-0.4, -0.2) is 53.9 Å². The molecule has 2 heterocycles. The summed E-state index contributed by atoms with van der Waals surface area (Å²) in [5.74, 6) is 0.732. The van der Waals surface area contributed by atoms with Crippen LogP contribution in [0.2, 0.25) is 0 Å². The number of fused-ring (bicyclic) bond motifs is 1. The molecule has 1 aromatic heterocycles. The minimum Gasteiger partial charge on any atom is -0.302 e. The van der Waals surface area contributed by atoms with Crippen LogP contribution in [0.4, 0.5) is 5.13 Å². The van der Waals surface area contributed by atoms with Gasteiger partial charge in [0.05, 0.1) is 16.8 Å². The van der Waals surface area contributed by atoms with E-state index in [9.17, 15) is 4.79 Å². The number of benzene rings is 2. The average Bonchev–Trinajstić information content (AvgIpc) is 3.12. The first-order valence-electron chi connectivity index (χ1n) is 10.3. The smallest absolute Gasteiger partial charge is 0.240 e. The van der Waals surface area contributed by atoms with E-state index >= 15 is 0 Å². The van der Waals surface area contributed by atoms with Crippen molar-refractivity contribution in [2.24, 2.45) is 5.92 Å². The van der Waals surface area contributed by atoms with Crippen LogP contribution in [0.3, 0.4) is 0 Å². The van der Waals surface area contributed by atoms with E-state index in [0.717, 1.165) is 49.2 Å². The number of para-hydroxylation sites is 1. The molecule has 3 aromatic rings. The van der Waals surface area contributed by atoms with E-state index in [2.05, 4.69) is 57.5 Å². The normalized spacial score (nSPS) is 15.8. The second kappa shape index (κ2) is 9.48. The molecule has 29 heavy (non-hydrogen) atoms. The number of anilines is 1. The van der Waals surface area contributed by atoms with Gasteiger partial charge in [0, 0.05) is 13.1 Å².